The average Bonchev–Trinajstić information content (AvgIpc) is 3.24. The Kier molecular flexibility index (Phi) is 8.86. The second kappa shape index (κ2) is 12.1. The summed E-state index contributed by atoms with van der Waals surface area (Å²) in [4.78, 5) is 42.5. The third-order valence-corrected chi connectivity index (χ3v) is 8.60. The van der Waals surface area contributed by atoms with Crippen molar-refractivity contribution in [1.82, 2.24) is 4.57 Å². The first kappa shape index (κ1) is 27.8. The molecule has 4 rings (SSSR count). The smallest absolute Gasteiger partial charge is 0.338 e. The number of nitrogens with two attached hydrogens (primary N) is 1. The van der Waals surface area contributed by atoms with Crippen molar-refractivity contribution in [2.45, 2.75) is 29.6 Å². The predicted molar refractivity (Wildman–Crippen MR) is 155 cm³/mol. The fraction of sp³-hybridized carbons (Fsp3) is 0.250. The molecule has 2 heterocycles. The second-order valence-corrected chi connectivity index (χ2v) is 11.0. The molecular formula is C28H28N2O5S3. The maximum absolute atomic E-state index is 13.6. The van der Waals surface area contributed by atoms with Gasteiger partial charge in [0.05, 0.1) is 34.8 Å². The molecule has 0 saturated heterocycles. The van der Waals surface area contributed by atoms with Gasteiger partial charge in [-0.1, -0.05) is 24.3 Å². The van der Waals surface area contributed by atoms with Crippen LogP contribution in [0.15, 0.2) is 68.7 Å². The molecule has 10 heteroatoms. The van der Waals surface area contributed by atoms with Gasteiger partial charge in [0.15, 0.2) is 0 Å². The lowest BCUT2D eigenvalue weighted by atomic mass is 9.83. The molecule has 198 valence electrons. The Hall–Kier alpha value is -3.21. The lowest BCUT2D eigenvalue weighted by Crippen LogP contribution is -2.42. The Balaban J connectivity index is 2.06. The van der Waals surface area contributed by atoms with Gasteiger partial charge in [-0.05, 0) is 67.8 Å². The fourth-order valence-electron chi connectivity index (χ4n) is 4.24. The molecule has 1 aliphatic rings. The standard InChI is InChI=1S/C28H28N2O5S3/c1-5-34-27(32)22-21(17-9-13-19(37-4)14-10-17)23(28(33)35-6-2)26-30(24(22)29)25(31)20(38-26)15-16-7-11-18(36-3)12-8-16/h7-15,21H,5-6,29H2,1-4H3/b20-15+/t21-/m0/s1. The lowest BCUT2D eigenvalue weighted by molar-refractivity contribution is -0.138. The van der Waals surface area contributed by atoms with Gasteiger partial charge >= 0.3 is 11.9 Å². The number of carbonyl (C=O) groups is 2. The molecule has 0 aliphatic carbocycles. The van der Waals surface area contributed by atoms with Crippen LogP contribution in [0.2, 0.25) is 0 Å². The number of benzene rings is 2. The topological polar surface area (TPSA) is 101 Å². The zero-order valence-electron chi connectivity index (χ0n) is 21.5. The summed E-state index contributed by atoms with van der Waals surface area (Å²) in [7, 11) is 0. The highest BCUT2D eigenvalue weighted by Gasteiger charge is 2.39. The summed E-state index contributed by atoms with van der Waals surface area (Å²) in [6, 6.07) is 15.3. The van der Waals surface area contributed by atoms with Gasteiger partial charge < -0.3 is 15.2 Å². The van der Waals surface area contributed by atoms with E-state index in [0.29, 0.717) is 14.8 Å². The van der Waals surface area contributed by atoms with E-state index < -0.39 is 23.4 Å². The molecule has 38 heavy (non-hydrogen) atoms. The molecular weight excluding hydrogens is 541 g/mol. The number of nitrogens with zero attached hydrogens (tertiary/aromatic N) is 1. The van der Waals surface area contributed by atoms with E-state index in [4.69, 9.17) is 15.2 Å². The Labute approximate surface area is 233 Å². The molecule has 0 unspecified atom stereocenters. The van der Waals surface area contributed by atoms with Crippen molar-refractivity contribution < 1.29 is 19.1 Å². The quantitative estimate of drug-likeness (QED) is 0.326. The number of ether oxygens (including phenoxy) is 2. The number of aromatic nitrogens is 1. The molecule has 7 nitrogen and oxygen atoms in total. The fourth-order valence-corrected chi connectivity index (χ4v) is 6.23. The molecule has 0 bridgehead atoms. The maximum Gasteiger partial charge on any atom is 0.338 e. The molecule has 1 aromatic heterocycles. The van der Waals surface area contributed by atoms with Crippen molar-refractivity contribution in [2.75, 3.05) is 25.7 Å². The van der Waals surface area contributed by atoms with Gasteiger partial charge in [0.2, 0.25) is 0 Å². The Bertz CT molecular complexity index is 1570. The lowest BCUT2D eigenvalue weighted by Gasteiger charge is -2.27. The number of carbonyl (C=O) groups excluding carboxylic acids is 2. The SMILES string of the molecule is CCOC(=O)C1=C(N)n2c(s/c(=C/c3ccc(SC)cc3)c2=O)=C(C(=O)OCC)[C@H]1c1ccc(SC)cc1. The number of fused-ring (bicyclic) bond motifs is 1. The van der Waals surface area contributed by atoms with Crippen LogP contribution in [-0.2, 0) is 19.1 Å². The summed E-state index contributed by atoms with van der Waals surface area (Å²) in [5.41, 5.74) is 7.84. The zero-order valence-corrected chi connectivity index (χ0v) is 23.9. The van der Waals surface area contributed by atoms with Crippen LogP contribution in [0.25, 0.3) is 17.5 Å². The molecule has 0 radical (unpaired) electrons. The van der Waals surface area contributed by atoms with E-state index in [-0.39, 0.29) is 30.2 Å². The third-order valence-electron chi connectivity index (χ3n) is 6.00. The van der Waals surface area contributed by atoms with Crippen molar-refractivity contribution in [3.05, 3.63) is 84.8 Å². The Morgan fingerprint density at radius 1 is 0.921 bits per heavy atom. The Morgan fingerprint density at radius 3 is 1.97 bits per heavy atom. The van der Waals surface area contributed by atoms with Gasteiger partial charge in [-0.2, -0.15) is 0 Å². The molecule has 0 saturated carbocycles. The van der Waals surface area contributed by atoms with Crippen molar-refractivity contribution in [2.24, 2.45) is 5.73 Å². The minimum absolute atomic E-state index is 0.0371. The summed E-state index contributed by atoms with van der Waals surface area (Å²) in [6.45, 7) is 3.63. The van der Waals surface area contributed by atoms with Crippen LogP contribution in [0.4, 0.5) is 0 Å². The van der Waals surface area contributed by atoms with Crippen LogP contribution < -0.4 is 20.5 Å². The number of hydrogen-bond donors (Lipinski definition) is 1. The van der Waals surface area contributed by atoms with Gasteiger partial charge in [0.1, 0.15) is 10.5 Å². The van der Waals surface area contributed by atoms with E-state index in [1.54, 1.807) is 43.4 Å². The first-order chi connectivity index (χ1) is 18.3. The summed E-state index contributed by atoms with van der Waals surface area (Å²) in [5, 5.41) is 0. The van der Waals surface area contributed by atoms with Crippen molar-refractivity contribution in [3.63, 3.8) is 0 Å². The summed E-state index contributed by atoms with van der Waals surface area (Å²) >= 11 is 4.35. The van der Waals surface area contributed by atoms with E-state index in [9.17, 15) is 14.4 Å². The third kappa shape index (κ3) is 5.34. The number of hydrogen-bond acceptors (Lipinski definition) is 9. The van der Waals surface area contributed by atoms with Gasteiger partial charge in [-0.25, -0.2) is 9.59 Å². The molecule has 1 aliphatic heterocycles. The monoisotopic (exact) mass is 568 g/mol. The highest BCUT2D eigenvalue weighted by atomic mass is 32.2. The van der Waals surface area contributed by atoms with Crippen LogP contribution in [0.1, 0.15) is 30.9 Å². The number of thiazole rings is 1. The van der Waals surface area contributed by atoms with Crippen LogP contribution in [0.3, 0.4) is 0 Å². The zero-order chi connectivity index (χ0) is 27.4. The van der Waals surface area contributed by atoms with Crippen molar-refractivity contribution >= 4 is 64.3 Å². The van der Waals surface area contributed by atoms with Gasteiger partial charge in [-0.3, -0.25) is 9.36 Å². The minimum Gasteiger partial charge on any atom is -0.463 e. The highest BCUT2D eigenvalue weighted by molar-refractivity contribution is 7.98. The predicted octanol–water partition coefficient (Wildman–Crippen LogP) is 3.38. The van der Waals surface area contributed by atoms with Crippen LogP contribution >= 0.6 is 34.9 Å². The number of rotatable bonds is 8. The summed E-state index contributed by atoms with van der Waals surface area (Å²) in [5.74, 6) is -2.22. The highest BCUT2D eigenvalue weighted by Crippen LogP contribution is 2.38. The van der Waals surface area contributed by atoms with E-state index in [0.717, 1.165) is 26.7 Å². The van der Waals surface area contributed by atoms with Crippen molar-refractivity contribution in [3.8, 4) is 0 Å². The molecule has 2 N–H and O–H groups in total. The van der Waals surface area contributed by atoms with Crippen molar-refractivity contribution in [1.29, 1.82) is 0 Å². The normalized spacial score (nSPS) is 15.4. The van der Waals surface area contributed by atoms with E-state index in [1.165, 1.54) is 4.57 Å². The molecule has 0 amide bonds. The second-order valence-electron chi connectivity index (χ2n) is 8.19. The van der Waals surface area contributed by atoms with E-state index in [1.807, 2.05) is 61.0 Å². The Morgan fingerprint density at radius 2 is 1.45 bits per heavy atom. The van der Waals surface area contributed by atoms with Gasteiger partial charge in [0.25, 0.3) is 5.56 Å². The largest absolute Gasteiger partial charge is 0.463 e. The van der Waals surface area contributed by atoms with Crippen LogP contribution in [0, 0.1) is 0 Å². The van der Waals surface area contributed by atoms with Crippen LogP contribution in [-0.4, -0.2) is 42.2 Å². The molecule has 0 fully saturated rings. The number of thioether (sulfide) groups is 2. The summed E-state index contributed by atoms with van der Waals surface area (Å²) in [6.07, 6.45) is 5.71. The average molecular weight is 569 g/mol. The van der Waals surface area contributed by atoms with Gasteiger partial charge in [0, 0.05) is 9.79 Å². The summed E-state index contributed by atoms with van der Waals surface area (Å²) < 4.78 is 12.7. The molecule has 0 spiro atoms. The first-order valence-electron chi connectivity index (χ1n) is 11.9. The number of esters is 2. The van der Waals surface area contributed by atoms with E-state index >= 15 is 0 Å². The van der Waals surface area contributed by atoms with Gasteiger partial charge in [-0.15, -0.1) is 34.9 Å². The van der Waals surface area contributed by atoms with E-state index in [2.05, 4.69) is 0 Å². The molecule has 1 atom stereocenters. The maximum atomic E-state index is 13.6. The molecule has 2 aromatic carbocycles. The first-order valence-corrected chi connectivity index (χ1v) is 15.2. The minimum atomic E-state index is -0.865. The van der Waals surface area contributed by atoms with Crippen LogP contribution in [0.5, 0.6) is 0 Å². The molecule has 3 aromatic rings.